The number of thioether (sulfide) groups is 1. The Morgan fingerprint density at radius 2 is 1.76 bits per heavy atom. The maximum atomic E-state index is 12.9. The average Bonchev–Trinajstić information content (AvgIpc) is 3.02. The second-order valence-corrected chi connectivity index (χ2v) is 9.82. The molecular formula is C23H18N2O6S2. The minimum atomic E-state index is -4.17. The van der Waals surface area contributed by atoms with E-state index < -0.39 is 33.7 Å². The zero-order valence-corrected chi connectivity index (χ0v) is 19.0. The number of nitrogens with zero attached hydrogens (tertiary/aromatic N) is 1. The predicted octanol–water partition coefficient (Wildman–Crippen LogP) is 3.44. The maximum absolute atomic E-state index is 12.9. The first-order valence-electron chi connectivity index (χ1n) is 9.72. The van der Waals surface area contributed by atoms with Crippen LogP contribution >= 0.6 is 11.8 Å². The standard InChI is InChI=1S/C23H18N2O6S2/c1-14-6-9-16(10-7-14)33(29,30)31-19-11-8-15-4-2-3-5-17(15)18(19)12-20-22(27)25(13-21(24)26)23(28)32-20/h2-12H,13H2,1H3,(H2,24,26)/b20-12-. The third-order valence-electron chi connectivity index (χ3n) is 4.90. The van der Waals surface area contributed by atoms with Crippen molar-refractivity contribution in [3.63, 3.8) is 0 Å². The fourth-order valence-corrected chi connectivity index (χ4v) is 5.06. The summed E-state index contributed by atoms with van der Waals surface area (Å²) < 4.78 is 31.3. The van der Waals surface area contributed by atoms with Crippen LogP contribution in [0.4, 0.5) is 4.79 Å². The van der Waals surface area contributed by atoms with Crippen molar-refractivity contribution in [1.82, 2.24) is 4.90 Å². The number of rotatable bonds is 6. The van der Waals surface area contributed by atoms with E-state index in [-0.39, 0.29) is 15.6 Å². The summed E-state index contributed by atoms with van der Waals surface area (Å²) in [7, 11) is -4.17. The second-order valence-electron chi connectivity index (χ2n) is 7.28. The van der Waals surface area contributed by atoms with E-state index in [1.165, 1.54) is 24.3 Å². The van der Waals surface area contributed by atoms with E-state index in [1.54, 1.807) is 30.3 Å². The third-order valence-corrected chi connectivity index (χ3v) is 7.06. The molecule has 1 aliphatic heterocycles. The molecule has 0 spiro atoms. The van der Waals surface area contributed by atoms with E-state index in [9.17, 15) is 22.8 Å². The monoisotopic (exact) mass is 482 g/mol. The molecule has 10 heteroatoms. The summed E-state index contributed by atoms with van der Waals surface area (Å²) in [6, 6.07) is 16.6. The summed E-state index contributed by atoms with van der Waals surface area (Å²) in [5.74, 6) is -1.52. The summed E-state index contributed by atoms with van der Waals surface area (Å²) in [4.78, 5) is 36.9. The molecule has 8 nitrogen and oxygen atoms in total. The molecule has 1 aliphatic rings. The number of carbonyl (C=O) groups excluding carboxylic acids is 3. The van der Waals surface area contributed by atoms with Crippen LogP contribution in [0.15, 0.2) is 70.5 Å². The maximum Gasteiger partial charge on any atom is 0.339 e. The molecule has 3 amide bonds. The van der Waals surface area contributed by atoms with E-state index in [0.717, 1.165) is 15.8 Å². The number of amides is 3. The van der Waals surface area contributed by atoms with Crippen molar-refractivity contribution in [2.45, 2.75) is 11.8 Å². The van der Waals surface area contributed by atoms with Crippen molar-refractivity contribution in [3.8, 4) is 5.75 Å². The van der Waals surface area contributed by atoms with Gasteiger partial charge in [-0.15, -0.1) is 0 Å². The summed E-state index contributed by atoms with van der Waals surface area (Å²) in [5.41, 5.74) is 6.34. The fraction of sp³-hybridized carbons (Fsp3) is 0.0870. The van der Waals surface area contributed by atoms with Crippen LogP contribution in [0.1, 0.15) is 11.1 Å². The molecule has 0 radical (unpaired) electrons. The summed E-state index contributed by atoms with van der Waals surface area (Å²) in [5, 5.41) is 0.760. The van der Waals surface area contributed by atoms with Gasteiger partial charge in [-0.05, 0) is 53.7 Å². The van der Waals surface area contributed by atoms with Gasteiger partial charge in [-0.2, -0.15) is 8.42 Å². The van der Waals surface area contributed by atoms with Crippen molar-refractivity contribution in [3.05, 3.63) is 76.7 Å². The van der Waals surface area contributed by atoms with Crippen LogP contribution in [0.5, 0.6) is 5.75 Å². The van der Waals surface area contributed by atoms with Gasteiger partial charge >= 0.3 is 10.1 Å². The Labute approximate surface area is 194 Å². The van der Waals surface area contributed by atoms with Gasteiger partial charge in [0.15, 0.2) is 5.75 Å². The molecule has 1 fully saturated rings. The van der Waals surface area contributed by atoms with Gasteiger partial charge in [-0.3, -0.25) is 19.3 Å². The summed E-state index contributed by atoms with van der Waals surface area (Å²) >= 11 is 0.638. The number of imide groups is 1. The largest absolute Gasteiger partial charge is 0.378 e. The highest BCUT2D eigenvalue weighted by Gasteiger charge is 2.36. The molecule has 168 valence electrons. The zero-order valence-electron chi connectivity index (χ0n) is 17.3. The van der Waals surface area contributed by atoms with Gasteiger partial charge in [0.1, 0.15) is 11.4 Å². The van der Waals surface area contributed by atoms with Crippen molar-refractivity contribution in [2.75, 3.05) is 6.54 Å². The number of carbonyl (C=O) groups is 3. The van der Waals surface area contributed by atoms with Gasteiger partial charge in [0.25, 0.3) is 11.1 Å². The van der Waals surface area contributed by atoms with Crippen molar-refractivity contribution in [1.29, 1.82) is 0 Å². The van der Waals surface area contributed by atoms with E-state index in [2.05, 4.69) is 0 Å². The first kappa shape index (κ1) is 22.6. The first-order valence-corrected chi connectivity index (χ1v) is 11.9. The van der Waals surface area contributed by atoms with Gasteiger partial charge in [-0.1, -0.05) is 48.0 Å². The van der Waals surface area contributed by atoms with Crippen LogP contribution in [0.3, 0.4) is 0 Å². The summed E-state index contributed by atoms with van der Waals surface area (Å²) in [6.45, 7) is 1.30. The molecule has 0 atom stereocenters. The van der Waals surface area contributed by atoms with Crippen LogP contribution in [0, 0.1) is 6.92 Å². The number of aryl methyl sites for hydroxylation is 1. The Morgan fingerprint density at radius 3 is 2.45 bits per heavy atom. The lowest BCUT2D eigenvalue weighted by Gasteiger charge is -2.13. The quantitative estimate of drug-likeness (QED) is 0.422. The highest BCUT2D eigenvalue weighted by molar-refractivity contribution is 8.18. The number of hydrogen-bond donors (Lipinski definition) is 1. The van der Waals surface area contributed by atoms with Gasteiger partial charge in [0.2, 0.25) is 5.91 Å². The van der Waals surface area contributed by atoms with Crippen LogP contribution in [-0.2, 0) is 19.7 Å². The molecule has 0 bridgehead atoms. The topological polar surface area (TPSA) is 124 Å². The highest BCUT2D eigenvalue weighted by Crippen LogP contribution is 2.37. The molecule has 3 aromatic rings. The third kappa shape index (κ3) is 4.62. The normalized spacial score (nSPS) is 15.4. The number of nitrogens with two attached hydrogens (primary N) is 1. The van der Waals surface area contributed by atoms with Crippen molar-refractivity contribution in [2.24, 2.45) is 5.73 Å². The molecule has 0 aliphatic carbocycles. The molecule has 3 aromatic carbocycles. The smallest absolute Gasteiger partial charge is 0.339 e. The number of fused-ring (bicyclic) bond motifs is 1. The number of benzene rings is 3. The minimum Gasteiger partial charge on any atom is -0.378 e. The first-order chi connectivity index (χ1) is 15.7. The highest BCUT2D eigenvalue weighted by atomic mass is 32.2. The fourth-order valence-electron chi connectivity index (χ4n) is 3.29. The molecule has 2 N–H and O–H groups in total. The average molecular weight is 483 g/mol. The number of hydrogen-bond acceptors (Lipinski definition) is 7. The SMILES string of the molecule is Cc1ccc(S(=O)(=O)Oc2ccc3ccccc3c2/C=C2\SC(=O)N(CC(N)=O)C2=O)cc1. The van der Waals surface area contributed by atoms with Gasteiger partial charge < -0.3 is 9.92 Å². The van der Waals surface area contributed by atoms with E-state index in [4.69, 9.17) is 9.92 Å². The minimum absolute atomic E-state index is 0.00373. The lowest BCUT2D eigenvalue weighted by molar-refractivity contribution is -0.127. The lowest BCUT2D eigenvalue weighted by atomic mass is 10.0. The zero-order chi connectivity index (χ0) is 23.8. The predicted molar refractivity (Wildman–Crippen MR) is 125 cm³/mol. The second kappa shape index (κ2) is 8.72. The molecule has 0 unspecified atom stereocenters. The Hall–Kier alpha value is -3.63. The molecule has 4 rings (SSSR count). The molecule has 33 heavy (non-hydrogen) atoms. The molecule has 1 heterocycles. The van der Waals surface area contributed by atoms with Gasteiger partial charge in [-0.25, -0.2) is 0 Å². The van der Waals surface area contributed by atoms with E-state index in [1.807, 2.05) is 19.1 Å². The van der Waals surface area contributed by atoms with E-state index >= 15 is 0 Å². The van der Waals surface area contributed by atoms with Crippen LogP contribution in [-0.4, -0.2) is 36.9 Å². The number of primary amides is 1. The Kier molecular flexibility index (Phi) is 5.96. The van der Waals surface area contributed by atoms with Crippen molar-refractivity contribution >= 4 is 55.8 Å². The molecule has 0 saturated carbocycles. The van der Waals surface area contributed by atoms with Crippen molar-refractivity contribution < 1.29 is 27.0 Å². The van der Waals surface area contributed by atoms with Gasteiger partial charge in [0.05, 0.1) is 4.91 Å². The van der Waals surface area contributed by atoms with Crippen LogP contribution in [0.2, 0.25) is 0 Å². The lowest BCUT2D eigenvalue weighted by Crippen LogP contribution is -2.36. The Morgan fingerprint density at radius 1 is 1.06 bits per heavy atom. The van der Waals surface area contributed by atoms with Crippen LogP contribution in [0.25, 0.3) is 16.8 Å². The Balaban J connectivity index is 1.81. The van der Waals surface area contributed by atoms with E-state index in [0.29, 0.717) is 22.7 Å². The summed E-state index contributed by atoms with van der Waals surface area (Å²) in [6.07, 6.45) is 1.40. The Bertz CT molecular complexity index is 1430. The molecule has 0 aromatic heterocycles. The van der Waals surface area contributed by atoms with Crippen LogP contribution < -0.4 is 9.92 Å². The van der Waals surface area contributed by atoms with Gasteiger partial charge in [0, 0.05) is 5.56 Å². The molecule has 1 saturated heterocycles. The molecular weight excluding hydrogens is 464 g/mol.